The molecule has 0 atom stereocenters. The minimum Gasteiger partial charge on any atom is -0.340 e. The third-order valence-electron chi connectivity index (χ3n) is 3.84. The largest absolute Gasteiger partial charge is 0.340 e. The average Bonchev–Trinajstić information content (AvgIpc) is 2.58. The Morgan fingerprint density at radius 3 is 2.46 bits per heavy atom. The number of aryl methyl sites for hydroxylation is 1. The Hall–Kier alpha value is -2.59. The summed E-state index contributed by atoms with van der Waals surface area (Å²) in [6, 6.07) is 17.8. The van der Waals surface area contributed by atoms with Gasteiger partial charge < -0.3 is 10.2 Å². The zero-order valence-electron chi connectivity index (χ0n) is 13.9. The molecule has 0 aliphatic rings. The van der Waals surface area contributed by atoms with Gasteiger partial charge in [0.2, 0.25) is 0 Å². The van der Waals surface area contributed by atoms with Crippen molar-refractivity contribution in [2.75, 3.05) is 17.3 Å². The van der Waals surface area contributed by atoms with Gasteiger partial charge >= 0.3 is 0 Å². The minimum absolute atomic E-state index is 0.706. The summed E-state index contributed by atoms with van der Waals surface area (Å²) in [5.41, 5.74) is 3.00. The molecule has 0 aliphatic carbocycles. The average molecular weight is 339 g/mol. The predicted octanol–water partition coefficient (Wildman–Crippen LogP) is 5.26. The summed E-state index contributed by atoms with van der Waals surface area (Å²) in [5.74, 6) is 2.28. The van der Waals surface area contributed by atoms with Crippen LogP contribution in [0, 0.1) is 13.8 Å². The third-order valence-corrected chi connectivity index (χ3v) is 4.25. The maximum Gasteiger partial charge on any atom is 0.138 e. The molecule has 0 unspecified atom stereocenters. The van der Waals surface area contributed by atoms with Crippen molar-refractivity contribution < 1.29 is 0 Å². The molecule has 5 heteroatoms. The van der Waals surface area contributed by atoms with E-state index < -0.39 is 0 Å². The Balaban J connectivity index is 1.93. The Labute approximate surface area is 147 Å². The predicted molar refractivity (Wildman–Crippen MR) is 101 cm³/mol. The summed E-state index contributed by atoms with van der Waals surface area (Å²) >= 11 is 6.19. The molecule has 0 spiro atoms. The van der Waals surface area contributed by atoms with Crippen LogP contribution in [0.3, 0.4) is 0 Å². The highest BCUT2D eigenvalue weighted by atomic mass is 35.5. The fourth-order valence-electron chi connectivity index (χ4n) is 2.45. The van der Waals surface area contributed by atoms with Gasteiger partial charge in [0, 0.05) is 29.5 Å². The number of anilines is 4. The molecule has 0 saturated heterocycles. The number of rotatable bonds is 4. The number of nitrogens with zero attached hydrogens (tertiary/aromatic N) is 3. The highest BCUT2D eigenvalue weighted by Gasteiger charge is 2.10. The number of hydrogen-bond acceptors (Lipinski definition) is 4. The summed E-state index contributed by atoms with van der Waals surface area (Å²) in [6.07, 6.45) is 0. The van der Waals surface area contributed by atoms with Crippen LogP contribution in [0.25, 0.3) is 0 Å². The third kappa shape index (κ3) is 3.49. The lowest BCUT2D eigenvalue weighted by atomic mass is 10.2. The Bertz CT molecular complexity index is 849. The van der Waals surface area contributed by atoms with E-state index in [9.17, 15) is 0 Å². The molecule has 0 amide bonds. The van der Waals surface area contributed by atoms with Crippen molar-refractivity contribution in [1.29, 1.82) is 0 Å². The molecule has 1 heterocycles. The highest BCUT2D eigenvalue weighted by Crippen LogP contribution is 2.28. The lowest BCUT2D eigenvalue weighted by Crippen LogP contribution is -2.13. The molecular weight excluding hydrogens is 320 g/mol. The van der Waals surface area contributed by atoms with E-state index in [0.29, 0.717) is 5.82 Å². The van der Waals surface area contributed by atoms with Crippen molar-refractivity contribution in [3.05, 3.63) is 71.0 Å². The quantitative estimate of drug-likeness (QED) is 0.704. The molecule has 1 aromatic heterocycles. The molecular formula is C19H19ClN4. The van der Waals surface area contributed by atoms with Crippen LogP contribution >= 0.6 is 11.6 Å². The number of hydrogen-bond donors (Lipinski definition) is 1. The summed E-state index contributed by atoms with van der Waals surface area (Å²) in [6.45, 7) is 3.87. The number of halogens is 1. The van der Waals surface area contributed by atoms with Gasteiger partial charge in [0.25, 0.3) is 0 Å². The van der Waals surface area contributed by atoms with Gasteiger partial charge in [-0.25, -0.2) is 9.97 Å². The zero-order valence-corrected chi connectivity index (χ0v) is 14.7. The van der Waals surface area contributed by atoms with E-state index in [1.807, 2.05) is 80.4 Å². The van der Waals surface area contributed by atoms with Crippen LogP contribution in [0.15, 0.2) is 54.6 Å². The summed E-state index contributed by atoms with van der Waals surface area (Å²) < 4.78 is 0. The molecule has 0 fully saturated rings. The molecule has 3 rings (SSSR count). The smallest absolute Gasteiger partial charge is 0.138 e. The van der Waals surface area contributed by atoms with Crippen molar-refractivity contribution in [3.63, 3.8) is 0 Å². The van der Waals surface area contributed by atoms with E-state index in [-0.39, 0.29) is 0 Å². The number of aromatic nitrogens is 2. The Morgan fingerprint density at radius 1 is 0.958 bits per heavy atom. The number of para-hydroxylation sites is 1. The number of benzene rings is 2. The van der Waals surface area contributed by atoms with Crippen LogP contribution in [0.2, 0.25) is 5.02 Å². The Kier molecular flexibility index (Phi) is 4.67. The van der Waals surface area contributed by atoms with Crippen LogP contribution in [0.5, 0.6) is 0 Å². The molecule has 122 valence electrons. The number of nitrogens with one attached hydrogen (secondary N) is 1. The topological polar surface area (TPSA) is 41.1 Å². The first-order valence-electron chi connectivity index (χ1n) is 7.71. The fourth-order valence-corrected chi connectivity index (χ4v) is 2.63. The fraction of sp³-hybridized carbons (Fsp3) is 0.158. The molecule has 4 nitrogen and oxygen atoms in total. The van der Waals surface area contributed by atoms with E-state index in [2.05, 4.69) is 15.3 Å². The molecule has 0 radical (unpaired) electrons. The first-order chi connectivity index (χ1) is 11.5. The first-order valence-corrected chi connectivity index (χ1v) is 8.09. The van der Waals surface area contributed by atoms with Gasteiger partial charge in [-0.05, 0) is 43.7 Å². The van der Waals surface area contributed by atoms with E-state index in [1.54, 1.807) is 0 Å². The summed E-state index contributed by atoms with van der Waals surface area (Å²) in [5, 5.41) is 4.07. The van der Waals surface area contributed by atoms with Crippen molar-refractivity contribution in [3.8, 4) is 0 Å². The molecule has 1 N–H and O–H groups in total. The monoisotopic (exact) mass is 338 g/mol. The van der Waals surface area contributed by atoms with Gasteiger partial charge in [0.1, 0.15) is 17.5 Å². The van der Waals surface area contributed by atoms with Crippen LogP contribution in [-0.2, 0) is 0 Å². The lowest BCUT2D eigenvalue weighted by molar-refractivity contribution is 1.02. The van der Waals surface area contributed by atoms with Gasteiger partial charge in [-0.2, -0.15) is 0 Å². The molecule has 2 aromatic carbocycles. The van der Waals surface area contributed by atoms with E-state index in [4.69, 9.17) is 11.6 Å². The van der Waals surface area contributed by atoms with E-state index in [1.165, 1.54) is 0 Å². The summed E-state index contributed by atoms with van der Waals surface area (Å²) in [4.78, 5) is 11.1. The molecule has 0 aliphatic heterocycles. The van der Waals surface area contributed by atoms with Crippen LogP contribution in [-0.4, -0.2) is 17.0 Å². The van der Waals surface area contributed by atoms with Crippen LogP contribution in [0.4, 0.5) is 23.0 Å². The standard InChI is InChI=1S/C19H19ClN4/c1-13-16(20)10-7-11-17(13)23-18-12-19(22-14(2)21-18)24(3)15-8-5-4-6-9-15/h4-12H,1-3H3,(H,21,22,23). The lowest BCUT2D eigenvalue weighted by Gasteiger charge is -2.19. The van der Waals surface area contributed by atoms with Gasteiger partial charge in [0.05, 0.1) is 0 Å². The van der Waals surface area contributed by atoms with Gasteiger partial charge in [-0.15, -0.1) is 0 Å². The summed E-state index contributed by atoms with van der Waals surface area (Å²) in [7, 11) is 1.99. The van der Waals surface area contributed by atoms with Gasteiger partial charge in [-0.1, -0.05) is 35.9 Å². The molecule has 0 bridgehead atoms. The van der Waals surface area contributed by atoms with E-state index >= 15 is 0 Å². The SMILES string of the molecule is Cc1nc(Nc2cccc(Cl)c2C)cc(N(C)c2ccccc2)n1. The zero-order chi connectivity index (χ0) is 17.1. The maximum atomic E-state index is 6.19. The second-order valence-corrected chi connectivity index (χ2v) is 6.00. The van der Waals surface area contributed by atoms with Crippen molar-refractivity contribution in [2.45, 2.75) is 13.8 Å². The molecule has 0 saturated carbocycles. The van der Waals surface area contributed by atoms with Gasteiger partial charge in [0.15, 0.2) is 0 Å². The molecule has 3 aromatic rings. The van der Waals surface area contributed by atoms with Crippen molar-refractivity contribution >= 4 is 34.6 Å². The van der Waals surface area contributed by atoms with Crippen LogP contribution in [0.1, 0.15) is 11.4 Å². The minimum atomic E-state index is 0.706. The Morgan fingerprint density at radius 2 is 1.71 bits per heavy atom. The van der Waals surface area contributed by atoms with Crippen molar-refractivity contribution in [2.24, 2.45) is 0 Å². The van der Waals surface area contributed by atoms with E-state index in [0.717, 1.165) is 33.6 Å². The first kappa shape index (κ1) is 16.3. The second kappa shape index (κ2) is 6.89. The normalized spacial score (nSPS) is 10.5. The maximum absolute atomic E-state index is 6.19. The van der Waals surface area contributed by atoms with Gasteiger partial charge in [-0.3, -0.25) is 0 Å². The molecule has 24 heavy (non-hydrogen) atoms. The second-order valence-electron chi connectivity index (χ2n) is 5.59. The highest BCUT2D eigenvalue weighted by molar-refractivity contribution is 6.31. The van der Waals surface area contributed by atoms with Crippen LogP contribution < -0.4 is 10.2 Å². The van der Waals surface area contributed by atoms with Crippen molar-refractivity contribution in [1.82, 2.24) is 9.97 Å².